The van der Waals surface area contributed by atoms with Crippen LogP contribution in [0.4, 0.5) is 4.39 Å². The molecule has 1 aliphatic rings. The van der Waals surface area contributed by atoms with Crippen LogP contribution in [0.25, 0.3) is 0 Å². The first-order valence-corrected chi connectivity index (χ1v) is 6.01. The molecule has 20 heavy (non-hydrogen) atoms. The van der Waals surface area contributed by atoms with Crippen LogP contribution in [-0.4, -0.2) is 56.9 Å². The molecule has 1 aromatic heterocycles. The van der Waals surface area contributed by atoms with E-state index >= 15 is 0 Å². The molecule has 9 heteroatoms. The Hall–Kier alpha value is -1.55. The SMILES string of the molecule is Cc1cn([C@H]2O[C@H](CO)[C@@H](N(C)O)[C@@H]2F)c(=O)[nH]c1=O. The number of hydrogen-bond donors (Lipinski definition) is 3. The lowest BCUT2D eigenvalue weighted by atomic mass is 10.1. The zero-order chi connectivity index (χ0) is 15.0. The van der Waals surface area contributed by atoms with Crippen molar-refractivity contribution >= 4 is 0 Å². The predicted octanol–water partition coefficient (Wildman–Crippen LogP) is -1.24. The molecule has 0 spiro atoms. The number of aromatic amines is 1. The number of aliphatic hydroxyl groups excluding tert-OH is 1. The summed E-state index contributed by atoms with van der Waals surface area (Å²) in [5, 5.41) is 19.2. The van der Waals surface area contributed by atoms with Gasteiger partial charge in [-0.1, -0.05) is 0 Å². The topological polar surface area (TPSA) is 108 Å². The standard InChI is InChI=1S/C11H16FN3O5/c1-5-3-15(11(18)13-9(5)17)10-7(12)8(14(2)19)6(4-16)20-10/h3,6-8,10,16,19H,4H2,1-2H3,(H,13,17,18)/t6-,7+,8-,10+/m1/s1. The van der Waals surface area contributed by atoms with E-state index in [0.717, 1.165) is 4.57 Å². The molecule has 1 aliphatic heterocycles. The number of hydrogen-bond acceptors (Lipinski definition) is 6. The van der Waals surface area contributed by atoms with Gasteiger partial charge in [0.15, 0.2) is 12.4 Å². The van der Waals surface area contributed by atoms with Crippen molar-refractivity contribution in [3.63, 3.8) is 0 Å². The fourth-order valence-corrected chi connectivity index (χ4v) is 2.30. The first-order valence-electron chi connectivity index (χ1n) is 6.01. The van der Waals surface area contributed by atoms with Crippen LogP contribution in [0.2, 0.25) is 0 Å². The molecule has 0 amide bonds. The molecule has 0 saturated carbocycles. The fourth-order valence-electron chi connectivity index (χ4n) is 2.30. The smallest absolute Gasteiger partial charge is 0.330 e. The summed E-state index contributed by atoms with van der Waals surface area (Å²) in [5.74, 6) is 0. The van der Waals surface area contributed by atoms with Crippen LogP contribution in [0.5, 0.6) is 0 Å². The van der Waals surface area contributed by atoms with Crippen LogP contribution in [0.15, 0.2) is 15.8 Å². The summed E-state index contributed by atoms with van der Waals surface area (Å²) in [6.07, 6.45) is -2.86. The van der Waals surface area contributed by atoms with Gasteiger partial charge in [-0.05, 0) is 6.92 Å². The maximum Gasteiger partial charge on any atom is 0.330 e. The van der Waals surface area contributed by atoms with Gasteiger partial charge < -0.3 is 15.1 Å². The van der Waals surface area contributed by atoms with Gasteiger partial charge in [0.2, 0.25) is 0 Å². The third-order valence-corrected chi connectivity index (χ3v) is 3.33. The van der Waals surface area contributed by atoms with E-state index in [9.17, 15) is 19.2 Å². The van der Waals surface area contributed by atoms with E-state index in [0.29, 0.717) is 5.06 Å². The normalized spacial score (nSPS) is 30.1. The number of halogens is 1. The second kappa shape index (κ2) is 5.44. The van der Waals surface area contributed by atoms with Crippen LogP contribution in [-0.2, 0) is 4.74 Å². The van der Waals surface area contributed by atoms with E-state index in [1.54, 1.807) is 0 Å². The maximum atomic E-state index is 14.3. The molecule has 0 radical (unpaired) electrons. The highest BCUT2D eigenvalue weighted by Crippen LogP contribution is 2.32. The van der Waals surface area contributed by atoms with Gasteiger partial charge in [-0.25, -0.2) is 9.18 Å². The summed E-state index contributed by atoms with van der Waals surface area (Å²) < 4.78 is 20.5. The van der Waals surface area contributed by atoms with Gasteiger partial charge in [0.1, 0.15) is 6.10 Å². The minimum atomic E-state index is -1.75. The fraction of sp³-hybridized carbons (Fsp3) is 0.636. The van der Waals surface area contributed by atoms with E-state index in [4.69, 9.17) is 9.84 Å². The number of ether oxygens (including phenoxy) is 1. The maximum absolute atomic E-state index is 14.3. The molecule has 0 bridgehead atoms. The van der Waals surface area contributed by atoms with Gasteiger partial charge in [0, 0.05) is 18.8 Å². The monoisotopic (exact) mass is 289 g/mol. The second-order valence-electron chi connectivity index (χ2n) is 4.74. The van der Waals surface area contributed by atoms with Crippen LogP contribution in [0, 0.1) is 6.92 Å². The lowest BCUT2D eigenvalue weighted by Gasteiger charge is -2.22. The molecule has 3 N–H and O–H groups in total. The van der Waals surface area contributed by atoms with Crippen molar-refractivity contribution < 1.29 is 19.4 Å². The van der Waals surface area contributed by atoms with E-state index in [2.05, 4.69) is 0 Å². The molecule has 1 aromatic rings. The number of nitrogens with one attached hydrogen (secondary N) is 1. The number of aliphatic hydroxyl groups is 1. The number of hydroxylamine groups is 2. The summed E-state index contributed by atoms with van der Waals surface area (Å²) in [6.45, 7) is 0.958. The van der Waals surface area contributed by atoms with Crippen LogP contribution < -0.4 is 11.2 Å². The number of nitrogens with zero attached hydrogens (tertiary/aromatic N) is 2. The van der Waals surface area contributed by atoms with Crippen molar-refractivity contribution in [1.29, 1.82) is 0 Å². The molecule has 1 saturated heterocycles. The van der Waals surface area contributed by atoms with Crippen molar-refractivity contribution in [2.45, 2.75) is 31.5 Å². The lowest BCUT2D eigenvalue weighted by molar-refractivity contribution is -0.134. The molecule has 2 heterocycles. The summed E-state index contributed by atoms with van der Waals surface area (Å²) in [7, 11) is 1.23. The predicted molar refractivity (Wildman–Crippen MR) is 65.3 cm³/mol. The molecule has 1 fully saturated rings. The Morgan fingerprint density at radius 2 is 2.20 bits per heavy atom. The third kappa shape index (κ3) is 2.40. The minimum absolute atomic E-state index is 0.224. The summed E-state index contributed by atoms with van der Waals surface area (Å²) in [4.78, 5) is 25.1. The van der Waals surface area contributed by atoms with Gasteiger partial charge in [0.05, 0.1) is 12.6 Å². The van der Waals surface area contributed by atoms with Gasteiger partial charge >= 0.3 is 5.69 Å². The summed E-state index contributed by atoms with van der Waals surface area (Å²) in [5.41, 5.74) is -1.15. The first-order chi connectivity index (χ1) is 9.36. The van der Waals surface area contributed by atoms with Gasteiger partial charge in [-0.2, -0.15) is 5.06 Å². The van der Waals surface area contributed by atoms with Crippen LogP contribution in [0.1, 0.15) is 11.8 Å². The van der Waals surface area contributed by atoms with Crippen molar-refractivity contribution in [2.75, 3.05) is 13.7 Å². The number of aromatic nitrogens is 2. The van der Waals surface area contributed by atoms with Gasteiger partial charge in [-0.15, -0.1) is 0 Å². The number of rotatable bonds is 3. The zero-order valence-electron chi connectivity index (χ0n) is 11.0. The Balaban J connectivity index is 2.42. The average Bonchev–Trinajstić information content (AvgIpc) is 2.71. The van der Waals surface area contributed by atoms with E-state index in [1.165, 1.54) is 20.2 Å². The quantitative estimate of drug-likeness (QED) is 0.601. The first kappa shape index (κ1) is 14.9. The average molecular weight is 289 g/mol. The molecule has 0 aliphatic carbocycles. The highest BCUT2D eigenvalue weighted by molar-refractivity contribution is 5.03. The Morgan fingerprint density at radius 3 is 2.70 bits per heavy atom. The Morgan fingerprint density at radius 1 is 1.55 bits per heavy atom. The Labute approximate surface area is 113 Å². The van der Waals surface area contributed by atoms with Gasteiger partial charge in [0.25, 0.3) is 5.56 Å². The van der Waals surface area contributed by atoms with Crippen LogP contribution in [0.3, 0.4) is 0 Å². The van der Waals surface area contributed by atoms with Crippen molar-refractivity contribution in [2.24, 2.45) is 0 Å². The third-order valence-electron chi connectivity index (χ3n) is 3.33. The van der Waals surface area contributed by atoms with Crippen molar-refractivity contribution in [3.8, 4) is 0 Å². The molecule has 112 valence electrons. The molecule has 4 atom stereocenters. The summed E-state index contributed by atoms with van der Waals surface area (Å²) in [6, 6.07) is -1.11. The van der Waals surface area contributed by atoms with Crippen molar-refractivity contribution in [3.05, 3.63) is 32.6 Å². The molecular formula is C11H16FN3O5. The van der Waals surface area contributed by atoms with Crippen molar-refractivity contribution in [1.82, 2.24) is 14.6 Å². The molecule has 2 rings (SSSR count). The number of aryl methyl sites for hydroxylation is 1. The lowest BCUT2D eigenvalue weighted by Crippen LogP contribution is -2.44. The largest absolute Gasteiger partial charge is 0.394 e. The van der Waals surface area contributed by atoms with Gasteiger partial charge in [-0.3, -0.25) is 14.3 Å². The molecule has 0 aromatic carbocycles. The highest BCUT2D eigenvalue weighted by atomic mass is 19.1. The summed E-state index contributed by atoms with van der Waals surface area (Å²) >= 11 is 0. The highest BCUT2D eigenvalue weighted by Gasteiger charge is 2.48. The molecule has 8 nitrogen and oxygen atoms in total. The Bertz CT molecular complexity index is 598. The van der Waals surface area contributed by atoms with Crippen LogP contribution >= 0.6 is 0 Å². The number of likely N-dealkylation sites (N-methyl/N-ethyl adjacent to an activating group) is 1. The zero-order valence-corrected chi connectivity index (χ0v) is 11.0. The number of alkyl halides is 1. The molecular weight excluding hydrogens is 273 g/mol. The molecule has 0 unspecified atom stereocenters. The van der Waals surface area contributed by atoms with E-state index in [-0.39, 0.29) is 5.56 Å². The second-order valence-corrected chi connectivity index (χ2v) is 4.74. The number of H-pyrrole nitrogens is 1. The minimum Gasteiger partial charge on any atom is -0.394 e. The Kier molecular flexibility index (Phi) is 4.04. The van der Waals surface area contributed by atoms with E-state index < -0.39 is 42.4 Å². The van der Waals surface area contributed by atoms with E-state index in [1.807, 2.05) is 4.98 Å².